The number of benzene rings is 1. The summed E-state index contributed by atoms with van der Waals surface area (Å²) in [6, 6.07) is 6.86. The van der Waals surface area contributed by atoms with Crippen molar-refractivity contribution in [2.45, 2.75) is 13.8 Å². The molecule has 1 aromatic carbocycles. The summed E-state index contributed by atoms with van der Waals surface area (Å²) in [6.45, 7) is 4.04. The lowest BCUT2D eigenvalue weighted by Gasteiger charge is -2.06. The summed E-state index contributed by atoms with van der Waals surface area (Å²) in [6.07, 6.45) is 0.628. The van der Waals surface area contributed by atoms with Crippen molar-refractivity contribution in [2.75, 3.05) is 11.9 Å². The molecule has 0 radical (unpaired) electrons. The van der Waals surface area contributed by atoms with Crippen molar-refractivity contribution in [1.82, 2.24) is 9.78 Å². The molecule has 1 aromatic heterocycles. The van der Waals surface area contributed by atoms with Crippen LogP contribution in [0.4, 0.5) is 16.2 Å². The molecule has 9 heteroatoms. The minimum Gasteiger partial charge on any atom is -0.448 e. The predicted molar refractivity (Wildman–Crippen MR) is 84.9 cm³/mol. The Morgan fingerprint density at radius 2 is 2.12 bits per heavy atom. The van der Waals surface area contributed by atoms with Crippen LogP contribution >= 0.6 is 0 Å². The summed E-state index contributed by atoms with van der Waals surface area (Å²) in [7, 11) is 0. The minimum atomic E-state index is -0.682. The van der Waals surface area contributed by atoms with Gasteiger partial charge in [-0.15, -0.1) is 0 Å². The number of carbonyl (C=O) groups is 2. The first kappa shape index (κ1) is 17.1. The van der Waals surface area contributed by atoms with Crippen LogP contribution in [-0.4, -0.2) is 33.3 Å². The van der Waals surface area contributed by atoms with E-state index < -0.39 is 16.9 Å². The van der Waals surface area contributed by atoms with Gasteiger partial charge < -0.3 is 10.1 Å². The fourth-order valence-electron chi connectivity index (χ4n) is 1.74. The van der Waals surface area contributed by atoms with E-state index in [4.69, 9.17) is 4.74 Å². The topological polar surface area (TPSA) is 116 Å². The molecular formula is C15H16N4O5. The molecule has 24 heavy (non-hydrogen) atoms. The predicted octanol–water partition coefficient (Wildman–Crippen LogP) is 2.68. The van der Waals surface area contributed by atoms with Gasteiger partial charge in [0.1, 0.15) is 0 Å². The molecule has 0 unspecified atom stereocenters. The summed E-state index contributed by atoms with van der Waals surface area (Å²) >= 11 is 0. The summed E-state index contributed by atoms with van der Waals surface area (Å²) in [5.74, 6) is -0.410. The SMILES string of the molecule is CC(C)COC(=O)n1ccc(C(=O)Nc2cccc([N+](=O)[O-])c2)n1. The smallest absolute Gasteiger partial charge is 0.434 e. The maximum Gasteiger partial charge on any atom is 0.434 e. The largest absolute Gasteiger partial charge is 0.448 e. The fraction of sp³-hybridized carbons (Fsp3) is 0.267. The number of amides is 1. The van der Waals surface area contributed by atoms with Crippen molar-refractivity contribution in [2.24, 2.45) is 5.92 Å². The summed E-state index contributed by atoms with van der Waals surface area (Å²) in [5.41, 5.74) is 0.102. The monoisotopic (exact) mass is 332 g/mol. The zero-order valence-corrected chi connectivity index (χ0v) is 13.1. The Hall–Kier alpha value is -3.23. The highest BCUT2D eigenvalue weighted by atomic mass is 16.6. The fourth-order valence-corrected chi connectivity index (χ4v) is 1.74. The standard InChI is InChI=1S/C15H16N4O5/c1-10(2)9-24-15(21)18-7-6-13(17-18)14(20)16-11-4-3-5-12(8-11)19(22)23/h3-8,10H,9H2,1-2H3,(H,16,20). The molecule has 0 bridgehead atoms. The van der Waals surface area contributed by atoms with Gasteiger partial charge in [-0.25, -0.2) is 4.79 Å². The number of hydrogen-bond donors (Lipinski definition) is 1. The van der Waals surface area contributed by atoms with Crippen molar-refractivity contribution in [3.63, 3.8) is 0 Å². The van der Waals surface area contributed by atoms with Crippen molar-refractivity contribution in [3.05, 3.63) is 52.3 Å². The zero-order valence-electron chi connectivity index (χ0n) is 13.1. The average molecular weight is 332 g/mol. The molecule has 0 aliphatic carbocycles. The highest BCUT2D eigenvalue weighted by Crippen LogP contribution is 2.17. The Kier molecular flexibility index (Phi) is 5.25. The van der Waals surface area contributed by atoms with Crippen LogP contribution in [0.3, 0.4) is 0 Å². The third kappa shape index (κ3) is 4.38. The maximum absolute atomic E-state index is 12.1. The molecule has 1 heterocycles. The lowest BCUT2D eigenvalue weighted by molar-refractivity contribution is -0.384. The van der Waals surface area contributed by atoms with Gasteiger partial charge in [0.05, 0.1) is 11.5 Å². The number of nitro benzene ring substituents is 1. The number of anilines is 1. The van der Waals surface area contributed by atoms with Gasteiger partial charge in [0.2, 0.25) is 0 Å². The molecule has 126 valence electrons. The lowest BCUT2D eigenvalue weighted by atomic mass is 10.2. The lowest BCUT2D eigenvalue weighted by Crippen LogP contribution is -2.19. The molecule has 0 spiro atoms. The van der Waals surface area contributed by atoms with E-state index >= 15 is 0 Å². The number of nitro groups is 1. The second-order valence-electron chi connectivity index (χ2n) is 5.38. The van der Waals surface area contributed by atoms with E-state index in [9.17, 15) is 19.7 Å². The molecule has 0 saturated heterocycles. The molecule has 2 aromatic rings. The number of nitrogens with one attached hydrogen (secondary N) is 1. The highest BCUT2D eigenvalue weighted by molar-refractivity contribution is 6.03. The van der Waals surface area contributed by atoms with E-state index in [1.54, 1.807) is 0 Å². The van der Waals surface area contributed by atoms with Crippen LogP contribution in [0, 0.1) is 16.0 Å². The van der Waals surface area contributed by atoms with E-state index in [-0.39, 0.29) is 29.6 Å². The van der Waals surface area contributed by atoms with Gasteiger partial charge in [-0.3, -0.25) is 14.9 Å². The molecule has 0 fully saturated rings. The van der Waals surface area contributed by atoms with Crippen LogP contribution in [0.5, 0.6) is 0 Å². The Balaban J connectivity index is 2.04. The molecule has 0 aliphatic heterocycles. The third-order valence-corrected chi connectivity index (χ3v) is 2.86. The number of aromatic nitrogens is 2. The molecule has 1 amide bonds. The highest BCUT2D eigenvalue weighted by Gasteiger charge is 2.15. The number of ether oxygens (including phenoxy) is 1. The first-order valence-corrected chi connectivity index (χ1v) is 7.15. The van der Waals surface area contributed by atoms with Crippen molar-refractivity contribution in [3.8, 4) is 0 Å². The maximum atomic E-state index is 12.1. The van der Waals surface area contributed by atoms with Crippen LogP contribution in [0.1, 0.15) is 24.3 Å². The Morgan fingerprint density at radius 1 is 1.38 bits per heavy atom. The van der Waals surface area contributed by atoms with Crippen LogP contribution in [0.25, 0.3) is 0 Å². The van der Waals surface area contributed by atoms with Crippen molar-refractivity contribution >= 4 is 23.4 Å². The first-order valence-electron chi connectivity index (χ1n) is 7.15. The van der Waals surface area contributed by atoms with Gasteiger partial charge in [-0.2, -0.15) is 9.78 Å². The number of carbonyl (C=O) groups excluding carboxylic acids is 2. The second kappa shape index (κ2) is 7.36. The number of nitrogens with zero attached hydrogens (tertiary/aromatic N) is 3. The molecule has 2 rings (SSSR count). The van der Waals surface area contributed by atoms with Gasteiger partial charge in [0.15, 0.2) is 5.69 Å². The van der Waals surface area contributed by atoms with E-state index in [0.717, 1.165) is 4.68 Å². The van der Waals surface area contributed by atoms with Crippen LogP contribution in [0.2, 0.25) is 0 Å². The van der Waals surface area contributed by atoms with Gasteiger partial charge in [0, 0.05) is 24.0 Å². The molecule has 1 N–H and O–H groups in total. The molecule has 0 aliphatic rings. The van der Waals surface area contributed by atoms with Crippen LogP contribution < -0.4 is 5.32 Å². The first-order chi connectivity index (χ1) is 11.4. The number of non-ortho nitro benzene ring substituents is 1. The van der Waals surface area contributed by atoms with Gasteiger partial charge in [-0.05, 0) is 18.1 Å². The Bertz CT molecular complexity index is 769. The zero-order chi connectivity index (χ0) is 17.7. The number of rotatable bonds is 5. The van der Waals surface area contributed by atoms with E-state index in [1.165, 1.54) is 36.5 Å². The van der Waals surface area contributed by atoms with Gasteiger partial charge in [0.25, 0.3) is 11.6 Å². The second-order valence-corrected chi connectivity index (χ2v) is 5.38. The summed E-state index contributed by atoms with van der Waals surface area (Å²) in [4.78, 5) is 34.0. The molecule has 0 saturated carbocycles. The summed E-state index contributed by atoms with van der Waals surface area (Å²) < 4.78 is 5.92. The quantitative estimate of drug-likeness (QED) is 0.664. The van der Waals surface area contributed by atoms with Gasteiger partial charge in [-0.1, -0.05) is 19.9 Å². The Labute approximate surface area is 137 Å². The van der Waals surface area contributed by atoms with Crippen LogP contribution in [-0.2, 0) is 4.74 Å². The van der Waals surface area contributed by atoms with Gasteiger partial charge >= 0.3 is 6.09 Å². The molecular weight excluding hydrogens is 316 g/mol. The van der Waals surface area contributed by atoms with E-state index in [0.29, 0.717) is 0 Å². The summed E-state index contributed by atoms with van der Waals surface area (Å²) in [5, 5.41) is 17.0. The number of hydrogen-bond acceptors (Lipinski definition) is 6. The Morgan fingerprint density at radius 3 is 2.79 bits per heavy atom. The van der Waals surface area contributed by atoms with Crippen molar-refractivity contribution < 1.29 is 19.2 Å². The van der Waals surface area contributed by atoms with Crippen molar-refractivity contribution in [1.29, 1.82) is 0 Å². The molecule has 9 nitrogen and oxygen atoms in total. The third-order valence-electron chi connectivity index (χ3n) is 2.86. The molecule has 0 atom stereocenters. The van der Waals surface area contributed by atoms with E-state index in [2.05, 4.69) is 10.4 Å². The minimum absolute atomic E-state index is 0.0111. The normalized spacial score (nSPS) is 10.5. The van der Waals surface area contributed by atoms with Crippen LogP contribution in [0.15, 0.2) is 36.5 Å². The average Bonchev–Trinajstić information content (AvgIpc) is 3.03. The van der Waals surface area contributed by atoms with E-state index in [1.807, 2.05) is 13.8 Å².